The van der Waals surface area contributed by atoms with E-state index in [1.807, 2.05) is 42.2 Å². The van der Waals surface area contributed by atoms with Crippen molar-refractivity contribution in [2.45, 2.75) is 38.7 Å². The molecule has 0 bridgehead atoms. The zero-order valence-corrected chi connectivity index (χ0v) is 21.8. The second-order valence-electron chi connectivity index (χ2n) is 10.1. The lowest BCUT2D eigenvalue weighted by Gasteiger charge is -2.34. The van der Waals surface area contributed by atoms with E-state index in [0.29, 0.717) is 23.4 Å². The molecule has 1 saturated carbocycles. The topological polar surface area (TPSA) is 89.5 Å². The Morgan fingerprint density at radius 2 is 1.80 bits per heavy atom. The number of halogens is 3. The summed E-state index contributed by atoms with van der Waals surface area (Å²) in [7, 11) is 0. The van der Waals surface area contributed by atoms with E-state index in [1.54, 1.807) is 4.68 Å². The number of hydrogen-bond donors (Lipinski definition) is 0. The molecule has 3 heterocycles. The molecule has 1 aliphatic carbocycles. The van der Waals surface area contributed by atoms with Crippen LogP contribution in [0.3, 0.4) is 0 Å². The quantitative estimate of drug-likeness (QED) is 0.326. The van der Waals surface area contributed by atoms with Gasteiger partial charge in [-0.2, -0.15) is 10.1 Å². The maximum absolute atomic E-state index is 13.2. The van der Waals surface area contributed by atoms with Crippen molar-refractivity contribution >= 4 is 5.91 Å². The van der Waals surface area contributed by atoms with Crippen LogP contribution in [0, 0.1) is 6.92 Å². The average Bonchev–Trinajstić information content (AvgIpc) is 3.56. The fourth-order valence-corrected chi connectivity index (χ4v) is 4.91. The largest absolute Gasteiger partial charge is 0.573 e. The van der Waals surface area contributed by atoms with E-state index in [1.165, 1.54) is 37.1 Å². The Morgan fingerprint density at radius 1 is 1.05 bits per heavy atom. The molecule has 12 heteroatoms. The summed E-state index contributed by atoms with van der Waals surface area (Å²) in [6, 6.07) is 15.3. The van der Waals surface area contributed by atoms with Crippen LogP contribution < -0.4 is 4.74 Å². The first-order valence-corrected chi connectivity index (χ1v) is 13.1. The molecule has 1 aliphatic heterocycles. The number of carbonyl (C=O) groups is 1. The molecular weight excluding hydrogens is 525 g/mol. The van der Waals surface area contributed by atoms with Gasteiger partial charge < -0.3 is 14.2 Å². The Morgan fingerprint density at radius 3 is 2.50 bits per heavy atom. The van der Waals surface area contributed by atoms with Gasteiger partial charge in [-0.05, 0) is 67.8 Å². The van der Waals surface area contributed by atoms with Gasteiger partial charge in [0.2, 0.25) is 5.82 Å². The molecule has 9 nitrogen and oxygen atoms in total. The van der Waals surface area contributed by atoms with Crippen LogP contribution in [-0.2, 0) is 6.54 Å². The summed E-state index contributed by atoms with van der Waals surface area (Å²) >= 11 is 0. The van der Waals surface area contributed by atoms with Crippen LogP contribution in [0.2, 0.25) is 0 Å². The summed E-state index contributed by atoms with van der Waals surface area (Å²) in [4.78, 5) is 21.9. The minimum Gasteiger partial charge on any atom is -0.406 e. The number of nitrogens with zero attached hydrogens (tertiary/aromatic N) is 6. The molecule has 1 amide bonds. The number of alkyl halides is 3. The van der Waals surface area contributed by atoms with E-state index in [0.717, 1.165) is 43.5 Å². The van der Waals surface area contributed by atoms with Gasteiger partial charge in [0, 0.05) is 49.0 Å². The van der Waals surface area contributed by atoms with Crippen molar-refractivity contribution in [3.63, 3.8) is 0 Å². The van der Waals surface area contributed by atoms with E-state index in [9.17, 15) is 18.0 Å². The Balaban J connectivity index is 1.12. The zero-order chi connectivity index (χ0) is 27.9. The highest BCUT2D eigenvalue weighted by molar-refractivity contribution is 5.94. The van der Waals surface area contributed by atoms with Gasteiger partial charge >= 0.3 is 6.36 Å². The highest BCUT2D eigenvalue weighted by Crippen LogP contribution is 2.28. The highest BCUT2D eigenvalue weighted by Gasteiger charge is 2.33. The van der Waals surface area contributed by atoms with E-state index >= 15 is 0 Å². The van der Waals surface area contributed by atoms with E-state index in [-0.39, 0.29) is 23.4 Å². The van der Waals surface area contributed by atoms with Crippen LogP contribution in [0.25, 0.3) is 23.0 Å². The van der Waals surface area contributed by atoms with Gasteiger partial charge in [-0.3, -0.25) is 14.4 Å². The molecule has 40 heavy (non-hydrogen) atoms. The SMILES string of the molecule is Cc1cc(-c2nc(-c3ccc(OC(F)(F)F)cc3)no2)nn1Cc1cccc(C(=O)N2CCN(C3CC3)CC2)c1. The molecule has 0 radical (unpaired) electrons. The summed E-state index contributed by atoms with van der Waals surface area (Å²) in [6.07, 6.45) is -2.22. The third kappa shape index (κ3) is 5.86. The smallest absolute Gasteiger partial charge is 0.406 e. The molecule has 1 saturated heterocycles. The van der Waals surface area contributed by atoms with Gasteiger partial charge in [0.1, 0.15) is 5.75 Å². The molecule has 0 unspecified atom stereocenters. The van der Waals surface area contributed by atoms with Crippen molar-refractivity contribution in [3.8, 4) is 28.7 Å². The van der Waals surface area contributed by atoms with Crippen molar-refractivity contribution in [3.05, 3.63) is 71.4 Å². The molecule has 2 aliphatic rings. The first-order chi connectivity index (χ1) is 19.2. The first-order valence-electron chi connectivity index (χ1n) is 13.1. The minimum absolute atomic E-state index is 0.0477. The summed E-state index contributed by atoms with van der Waals surface area (Å²) < 4.78 is 48.3. The number of aromatic nitrogens is 4. The maximum Gasteiger partial charge on any atom is 0.573 e. The predicted octanol–water partition coefficient (Wildman–Crippen LogP) is 4.78. The van der Waals surface area contributed by atoms with Gasteiger partial charge in [0.15, 0.2) is 5.69 Å². The second-order valence-corrected chi connectivity index (χ2v) is 10.1. The number of piperazine rings is 1. The molecule has 4 aromatic rings. The number of amides is 1. The highest BCUT2D eigenvalue weighted by atomic mass is 19.4. The molecule has 2 fully saturated rings. The number of hydrogen-bond acceptors (Lipinski definition) is 7. The summed E-state index contributed by atoms with van der Waals surface area (Å²) in [5.41, 5.74) is 3.39. The van der Waals surface area contributed by atoms with Crippen LogP contribution >= 0.6 is 0 Å². The maximum atomic E-state index is 13.2. The van der Waals surface area contributed by atoms with Crippen molar-refractivity contribution in [1.29, 1.82) is 0 Å². The number of benzene rings is 2. The number of rotatable bonds is 7. The zero-order valence-electron chi connectivity index (χ0n) is 21.8. The van der Waals surface area contributed by atoms with E-state index < -0.39 is 6.36 Å². The van der Waals surface area contributed by atoms with E-state index in [2.05, 4.69) is 24.9 Å². The van der Waals surface area contributed by atoms with Gasteiger partial charge in [-0.1, -0.05) is 17.3 Å². The Labute approximate surface area is 228 Å². The van der Waals surface area contributed by atoms with Gasteiger partial charge in [-0.25, -0.2) is 0 Å². The average molecular weight is 553 g/mol. The van der Waals surface area contributed by atoms with Crippen LogP contribution in [0.1, 0.15) is 34.5 Å². The fraction of sp³-hybridized carbons (Fsp3) is 0.357. The summed E-state index contributed by atoms with van der Waals surface area (Å²) in [5.74, 6) is 0.106. The molecular formula is C28H27F3N6O3. The Hall–Kier alpha value is -4.19. The molecule has 208 valence electrons. The number of carbonyl (C=O) groups excluding carboxylic acids is 1. The van der Waals surface area contributed by atoms with Crippen molar-refractivity contribution < 1.29 is 27.2 Å². The number of ether oxygens (including phenoxy) is 1. The predicted molar refractivity (Wildman–Crippen MR) is 138 cm³/mol. The number of aryl methyl sites for hydroxylation is 1. The van der Waals surface area contributed by atoms with Crippen LogP contribution in [0.15, 0.2) is 59.1 Å². The molecule has 2 aromatic carbocycles. The third-order valence-electron chi connectivity index (χ3n) is 7.14. The lowest BCUT2D eigenvalue weighted by atomic mass is 10.1. The molecule has 0 atom stereocenters. The van der Waals surface area contributed by atoms with E-state index in [4.69, 9.17) is 4.52 Å². The Bertz CT molecular complexity index is 1500. The molecule has 6 rings (SSSR count). The van der Waals surface area contributed by atoms with Gasteiger partial charge in [0.05, 0.1) is 6.54 Å². The lowest BCUT2D eigenvalue weighted by molar-refractivity contribution is -0.274. The van der Waals surface area contributed by atoms with Crippen LogP contribution in [0.5, 0.6) is 5.75 Å². The summed E-state index contributed by atoms with van der Waals surface area (Å²) in [6.45, 7) is 5.71. The fourth-order valence-electron chi connectivity index (χ4n) is 4.91. The summed E-state index contributed by atoms with van der Waals surface area (Å²) in [5, 5.41) is 8.55. The standard InChI is InChI=1S/C28H27F3N6O3/c1-18-15-24(26-32-25(34-40-26)20-5-9-23(10-6-20)39-28(29,30)31)33-37(18)17-19-3-2-4-21(16-19)27(38)36-13-11-35(12-14-36)22-7-8-22/h2-6,9-10,15-16,22H,7-8,11-14,17H2,1H3. The lowest BCUT2D eigenvalue weighted by Crippen LogP contribution is -2.49. The normalized spacial score (nSPS) is 16.4. The van der Waals surface area contributed by atoms with Crippen LogP contribution in [0.4, 0.5) is 13.2 Å². The van der Waals surface area contributed by atoms with Crippen LogP contribution in [-0.4, -0.2) is 74.2 Å². The monoisotopic (exact) mass is 552 g/mol. The van der Waals surface area contributed by atoms with Crippen molar-refractivity contribution in [2.75, 3.05) is 26.2 Å². The first kappa shape index (κ1) is 26.1. The van der Waals surface area contributed by atoms with Crippen molar-refractivity contribution in [1.82, 2.24) is 29.7 Å². The van der Waals surface area contributed by atoms with Gasteiger partial charge in [-0.15, -0.1) is 13.2 Å². The third-order valence-corrected chi connectivity index (χ3v) is 7.14. The Kier molecular flexibility index (Phi) is 6.78. The van der Waals surface area contributed by atoms with Crippen molar-refractivity contribution in [2.24, 2.45) is 0 Å². The second kappa shape index (κ2) is 10.4. The van der Waals surface area contributed by atoms with Gasteiger partial charge in [0.25, 0.3) is 11.8 Å². The molecule has 2 aromatic heterocycles. The minimum atomic E-state index is -4.76. The molecule has 0 spiro atoms. The molecule has 0 N–H and O–H groups in total.